The van der Waals surface area contributed by atoms with Gasteiger partial charge in [0, 0.05) is 25.7 Å². The van der Waals surface area contributed by atoms with Crippen LogP contribution in [-0.4, -0.2) is 81.1 Å². The number of aliphatic hydroxyl groups excluding tert-OH is 1. The van der Waals surface area contributed by atoms with E-state index in [0.717, 1.165) is 40.2 Å². The summed E-state index contributed by atoms with van der Waals surface area (Å²) in [5.41, 5.74) is 3.06. The molecule has 0 aromatic heterocycles. The third kappa shape index (κ3) is 8.91. The number of benzene rings is 2. The average molecular weight is 627 g/mol. The molecule has 1 saturated heterocycles. The zero-order valence-corrected chi connectivity index (χ0v) is 25.3. The Balaban J connectivity index is 1.60. The van der Waals surface area contributed by atoms with Crippen molar-refractivity contribution in [3.8, 4) is 5.75 Å². The van der Waals surface area contributed by atoms with Gasteiger partial charge in [-0.1, -0.05) is 42.8 Å². The van der Waals surface area contributed by atoms with Gasteiger partial charge in [-0.15, -0.1) is 0 Å². The van der Waals surface area contributed by atoms with Crippen molar-refractivity contribution < 1.29 is 36.2 Å². The van der Waals surface area contributed by atoms with E-state index in [-0.39, 0.29) is 31.5 Å². The molecule has 1 aliphatic heterocycles. The molecule has 4 N–H and O–H groups in total. The van der Waals surface area contributed by atoms with Crippen LogP contribution in [0, 0.1) is 0 Å². The lowest BCUT2D eigenvalue weighted by Gasteiger charge is -2.31. The van der Waals surface area contributed by atoms with Crippen LogP contribution in [-0.2, 0) is 21.2 Å². The number of fused-ring (bicyclic) bond motifs is 5. The van der Waals surface area contributed by atoms with Crippen molar-refractivity contribution in [1.29, 1.82) is 0 Å². The van der Waals surface area contributed by atoms with Crippen molar-refractivity contribution in [3.63, 3.8) is 0 Å². The molecular weight excluding hydrogens is 585 g/mol. The maximum atomic E-state index is 13.6. The molecule has 43 heavy (non-hydrogen) atoms. The van der Waals surface area contributed by atoms with Crippen LogP contribution in [0.15, 0.2) is 48.5 Å². The molecule has 1 amide bonds. The van der Waals surface area contributed by atoms with Crippen LogP contribution >= 0.6 is 0 Å². The van der Waals surface area contributed by atoms with Crippen LogP contribution in [0.1, 0.15) is 60.9 Å². The zero-order valence-electron chi connectivity index (χ0n) is 24.4. The molecule has 2 aliphatic rings. The third-order valence-electron chi connectivity index (χ3n) is 8.30. The Morgan fingerprint density at radius 3 is 2.47 bits per heavy atom. The van der Waals surface area contributed by atoms with Crippen molar-refractivity contribution in [3.05, 3.63) is 65.2 Å². The van der Waals surface area contributed by atoms with Crippen molar-refractivity contribution in [2.75, 3.05) is 33.0 Å². The van der Waals surface area contributed by atoms with Gasteiger partial charge in [0.15, 0.2) is 0 Å². The molecule has 13 heteroatoms. The lowest BCUT2D eigenvalue weighted by Crippen LogP contribution is -2.55. The topological polar surface area (TPSA) is 120 Å². The number of likely N-dealkylation sites (N-methyl/N-ethyl adjacent to an activating group) is 1. The van der Waals surface area contributed by atoms with E-state index in [1.165, 1.54) is 0 Å². The summed E-state index contributed by atoms with van der Waals surface area (Å²) in [5.74, 6) is -1.07. The van der Waals surface area contributed by atoms with Crippen molar-refractivity contribution in [2.24, 2.45) is 0 Å². The summed E-state index contributed by atoms with van der Waals surface area (Å²) in [5, 5.41) is 21.2. The van der Waals surface area contributed by atoms with Gasteiger partial charge in [0.25, 0.3) is 0 Å². The van der Waals surface area contributed by atoms with Gasteiger partial charge in [-0.05, 0) is 61.1 Å². The normalized spacial score (nSPS) is 25.8. The van der Waals surface area contributed by atoms with Gasteiger partial charge >= 0.3 is 6.18 Å². The first-order chi connectivity index (χ1) is 20.4. The van der Waals surface area contributed by atoms with Crippen molar-refractivity contribution in [1.82, 2.24) is 20.3 Å². The second kappa shape index (κ2) is 14.4. The summed E-state index contributed by atoms with van der Waals surface area (Å²) in [6, 6.07) is 13.1. The molecule has 1 aliphatic carbocycles. The number of carbonyl (C=O) groups excluding carboxylic acids is 1. The quantitative estimate of drug-likeness (QED) is 0.373. The summed E-state index contributed by atoms with van der Waals surface area (Å²) in [7, 11) is -1.63. The molecule has 2 aromatic carbocycles. The number of halogens is 3. The fourth-order valence-corrected chi connectivity index (χ4v) is 7.18. The Morgan fingerprint density at radius 1 is 1.05 bits per heavy atom. The minimum absolute atomic E-state index is 0.0433. The first kappa shape index (κ1) is 33.2. The van der Waals surface area contributed by atoms with E-state index < -0.39 is 52.5 Å². The molecule has 4 rings (SSSR count). The number of methoxy groups -OCH3 is 1. The number of alkyl halides is 3. The first-order valence-electron chi connectivity index (χ1n) is 14.6. The molecule has 1 fully saturated rings. The highest BCUT2D eigenvalue weighted by molar-refractivity contribution is 7.89. The molecule has 5 atom stereocenters. The summed E-state index contributed by atoms with van der Waals surface area (Å²) < 4.78 is 70.6. The van der Waals surface area contributed by atoms with Gasteiger partial charge in [-0.25, -0.2) is 8.42 Å². The maximum absolute atomic E-state index is 13.6. The van der Waals surface area contributed by atoms with E-state index in [2.05, 4.69) is 16.0 Å². The lowest BCUT2D eigenvalue weighted by molar-refractivity contribution is -0.130. The monoisotopic (exact) mass is 626 g/mol. The number of ether oxygens (including phenoxy) is 1. The minimum Gasteiger partial charge on any atom is -0.497 e. The molecule has 0 radical (unpaired) electrons. The molecule has 0 spiro atoms. The number of hydrogen-bond acceptors (Lipinski definition) is 7. The Kier molecular flexibility index (Phi) is 11.1. The smallest absolute Gasteiger partial charge is 0.390 e. The van der Waals surface area contributed by atoms with Crippen LogP contribution in [0.4, 0.5) is 13.2 Å². The summed E-state index contributed by atoms with van der Waals surface area (Å²) in [4.78, 5) is 13.6. The standard InChI is InChI=1S/C30H41F3N4O5S/c1-37(43(40,41)15-13-30(31,32)33)27-10-6-7-14-34-24-18-25(23-17-21(42-2)11-12-22(23)24)35-19-28(38)26(36-29(27)39)16-20-8-4-3-5-9-20/h3-5,8-9,11-12,17,24-28,34-35,38H,6-7,10,13-16,18-19H2,1-2H3,(H,36,39)/t24-,25+,26-,27-,28+/m0/s1. The van der Waals surface area contributed by atoms with Crippen LogP contribution in [0.3, 0.4) is 0 Å². The highest BCUT2D eigenvalue weighted by atomic mass is 32.2. The first-order valence-corrected chi connectivity index (χ1v) is 16.2. The molecular formula is C30H41F3N4O5S. The molecule has 1 heterocycles. The Morgan fingerprint density at radius 2 is 1.77 bits per heavy atom. The molecule has 0 saturated carbocycles. The predicted molar refractivity (Wildman–Crippen MR) is 157 cm³/mol. The summed E-state index contributed by atoms with van der Waals surface area (Å²) >= 11 is 0. The molecule has 2 aromatic rings. The Hall–Kier alpha value is -2.71. The highest BCUT2D eigenvalue weighted by Crippen LogP contribution is 2.40. The number of sulfonamides is 1. The van der Waals surface area contributed by atoms with Gasteiger partial charge in [-0.3, -0.25) is 4.79 Å². The van der Waals surface area contributed by atoms with E-state index in [1.807, 2.05) is 48.5 Å². The fraction of sp³-hybridized carbons (Fsp3) is 0.567. The van der Waals surface area contributed by atoms with E-state index in [1.54, 1.807) is 7.11 Å². The predicted octanol–water partition coefficient (Wildman–Crippen LogP) is 3.22. The number of β-amino-alcohol motifs (C(OH)–C–C–N with tert-alkyl or cyclic N) is 1. The Bertz CT molecular complexity index is 1330. The SMILES string of the molecule is COc1ccc2c(c1)[C@H]1C[C@@H]2NCCCC[C@H](N(C)S(=O)(=O)CCC(F)(F)F)C(=O)N[C@@H](Cc2ccccc2)[C@H](O)CN1. The number of rotatable bonds is 7. The second-order valence-corrected chi connectivity index (χ2v) is 13.4. The number of amides is 1. The second-order valence-electron chi connectivity index (χ2n) is 11.3. The van der Waals surface area contributed by atoms with Gasteiger partial charge in [0.2, 0.25) is 15.9 Å². The van der Waals surface area contributed by atoms with E-state index in [4.69, 9.17) is 4.74 Å². The van der Waals surface area contributed by atoms with Crippen LogP contribution in [0.2, 0.25) is 0 Å². The fourth-order valence-electron chi connectivity index (χ4n) is 5.81. The van der Waals surface area contributed by atoms with E-state index >= 15 is 0 Å². The van der Waals surface area contributed by atoms with Crippen molar-refractivity contribution >= 4 is 15.9 Å². The zero-order chi connectivity index (χ0) is 31.2. The highest BCUT2D eigenvalue weighted by Gasteiger charge is 2.38. The van der Waals surface area contributed by atoms with Gasteiger partial charge < -0.3 is 25.8 Å². The molecule has 238 valence electrons. The third-order valence-corrected chi connectivity index (χ3v) is 10.2. The molecule has 9 nitrogen and oxygen atoms in total. The molecule has 0 unspecified atom stereocenters. The number of carbonyl (C=O) groups is 1. The maximum Gasteiger partial charge on any atom is 0.390 e. The van der Waals surface area contributed by atoms with Crippen LogP contribution in [0.25, 0.3) is 0 Å². The van der Waals surface area contributed by atoms with E-state index in [9.17, 15) is 31.5 Å². The van der Waals surface area contributed by atoms with Crippen LogP contribution < -0.4 is 20.7 Å². The lowest BCUT2D eigenvalue weighted by atomic mass is 9.99. The number of nitrogens with zero attached hydrogens (tertiary/aromatic N) is 1. The minimum atomic E-state index is -4.65. The van der Waals surface area contributed by atoms with E-state index in [0.29, 0.717) is 19.4 Å². The van der Waals surface area contributed by atoms with Gasteiger partial charge in [0.05, 0.1) is 31.4 Å². The van der Waals surface area contributed by atoms with Crippen molar-refractivity contribution in [2.45, 2.75) is 75.0 Å². The summed E-state index contributed by atoms with van der Waals surface area (Å²) in [6.07, 6.45) is -5.00. The largest absolute Gasteiger partial charge is 0.497 e. The summed E-state index contributed by atoms with van der Waals surface area (Å²) in [6.45, 7) is 0.733. The van der Waals surface area contributed by atoms with Gasteiger partial charge in [0.1, 0.15) is 11.8 Å². The number of hydrogen-bond donors (Lipinski definition) is 4. The van der Waals surface area contributed by atoms with Crippen LogP contribution in [0.5, 0.6) is 5.75 Å². The van der Waals surface area contributed by atoms with Gasteiger partial charge in [-0.2, -0.15) is 17.5 Å². The number of aliphatic hydroxyl groups is 1. The Labute approximate surface area is 251 Å². The number of nitrogens with one attached hydrogen (secondary N) is 3. The average Bonchev–Trinajstić information content (AvgIpc) is 3.32. The molecule has 2 bridgehead atoms.